The lowest BCUT2D eigenvalue weighted by molar-refractivity contribution is -0.132. The zero-order chi connectivity index (χ0) is 12.1. The molecule has 0 aromatic heterocycles. The van der Waals surface area contributed by atoms with Gasteiger partial charge in [0.15, 0.2) is 5.78 Å². The van der Waals surface area contributed by atoms with Crippen LogP contribution in [0.1, 0.15) is 32.1 Å². The summed E-state index contributed by atoms with van der Waals surface area (Å²) in [5, 5.41) is 16.1. The van der Waals surface area contributed by atoms with Crippen LogP contribution in [0.4, 0.5) is 0 Å². The Kier molecular flexibility index (Phi) is 2.52. The number of azo groups is 2. The van der Waals surface area contributed by atoms with Crippen LogP contribution in [-0.4, -0.2) is 27.9 Å². The second-order valence-corrected chi connectivity index (χ2v) is 5.96. The molecule has 3 aliphatic rings. The van der Waals surface area contributed by atoms with Crippen molar-refractivity contribution in [3.63, 3.8) is 0 Å². The largest absolute Gasteiger partial charge is 0.294 e. The summed E-state index contributed by atoms with van der Waals surface area (Å²) in [6.07, 6.45) is 3.28. The van der Waals surface area contributed by atoms with Crippen LogP contribution in [0.25, 0.3) is 0 Å². The normalized spacial score (nSPS) is 48.7. The van der Waals surface area contributed by atoms with Gasteiger partial charge in [0.05, 0.1) is 0 Å². The number of rotatable bonds is 0. The lowest BCUT2D eigenvalue weighted by Gasteiger charge is -2.37. The average molecular weight is 275 g/mol. The maximum atomic E-state index is 12.6. The molecule has 92 valence electrons. The second-order valence-electron chi connectivity index (χ2n) is 4.95. The van der Waals surface area contributed by atoms with Crippen molar-refractivity contribution in [1.29, 1.82) is 0 Å². The molecule has 7 heteroatoms. The average Bonchev–Trinajstić information content (AvgIpc) is 2.83. The van der Waals surface area contributed by atoms with E-state index >= 15 is 0 Å². The first-order valence-electron chi connectivity index (χ1n) is 5.73. The Labute approximate surface area is 109 Å². The highest BCUT2D eigenvalue weighted by atomic mass is 35.5. The number of carbonyl (C=O) groups is 1. The number of hydrogen-bond acceptors (Lipinski definition) is 5. The van der Waals surface area contributed by atoms with Crippen molar-refractivity contribution in [1.82, 2.24) is 0 Å². The molecule has 1 fully saturated rings. The van der Waals surface area contributed by atoms with E-state index in [1.54, 1.807) is 0 Å². The van der Waals surface area contributed by atoms with Gasteiger partial charge in [0, 0.05) is 12.8 Å². The Hall–Kier alpha value is -0.550. The summed E-state index contributed by atoms with van der Waals surface area (Å²) in [5.41, 5.74) is -2.30. The fraction of sp³-hybridized carbons (Fsp3) is 0.900. The van der Waals surface area contributed by atoms with Crippen molar-refractivity contribution < 1.29 is 4.79 Å². The number of ketones is 1. The zero-order valence-corrected chi connectivity index (χ0v) is 10.7. The molecule has 0 N–H and O–H groups in total. The van der Waals surface area contributed by atoms with Gasteiger partial charge in [-0.15, -0.1) is 0 Å². The highest BCUT2D eigenvalue weighted by Gasteiger charge is 2.58. The van der Waals surface area contributed by atoms with Crippen molar-refractivity contribution in [3.05, 3.63) is 0 Å². The molecule has 0 bridgehead atoms. The number of alkyl halides is 2. The van der Waals surface area contributed by atoms with Crippen LogP contribution >= 0.6 is 23.2 Å². The van der Waals surface area contributed by atoms with Gasteiger partial charge >= 0.3 is 0 Å². The number of hydrogen-bond donors (Lipinski definition) is 0. The lowest BCUT2D eigenvalue weighted by atomic mass is 9.68. The van der Waals surface area contributed by atoms with E-state index in [0.29, 0.717) is 25.7 Å². The Morgan fingerprint density at radius 3 is 1.82 bits per heavy atom. The quantitative estimate of drug-likeness (QED) is 0.495. The molecule has 3 rings (SSSR count). The summed E-state index contributed by atoms with van der Waals surface area (Å²) in [6.45, 7) is 0. The first-order valence-corrected chi connectivity index (χ1v) is 6.61. The molecule has 0 aromatic rings. The van der Waals surface area contributed by atoms with E-state index in [1.807, 2.05) is 0 Å². The van der Waals surface area contributed by atoms with Gasteiger partial charge in [0.25, 0.3) is 0 Å². The molecule has 4 unspecified atom stereocenters. The number of nitrogens with zero attached hydrogens (tertiary/aromatic N) is 4. The van der Waals surface area contributed by atoms with Crippen LogP contribution in [0.2, 0.25) is 0 Å². The third-order valence-corrected chi connectivity index (χ3v) is 4.27. The summed E-state index contributed by atoms with van der Waals surface area (Å²) < 4.78 is 0. The number of halogens is 2. The molecule has 0 saturated heterocycles. The van der Waals surface area contributed by atoms with E-state index < -0.39 is 11.1 Å². The Morgan fingerprint density at radius 1 is 1.00 bits per heavy atom. The number of carbonyl (C=O) groups excluding carboxylic acids is 1. The van der Waals surface area contributed by atoms with Crippen molar-refractivity contribution in [2.75, 3.05) is 0 Å². The molecule has 0 radical (unpaired) electrons. The van der Waals surface area contributed by atoms with Crippen LogP contribution in [0.5, 0.6) is 0 Å². The third-order valence-electron chi connectivity index (χ3n) is 3.79. The maximum absolute atomic E-state index is 12.6. The van der Waals surface area contributed by atoms with Crippen LogP contribution in [0.15, 0.2) is 20.5 Å². The molecule has 2 aliphatic heterocycles. The van der Waals surface area contributed by atoms with E-state index in [0.717, 1.165) is 6.42 Å². The van der Waals surface area contributed by atoms with Crippen molar-refractivity contribution in [3.8, 4) is 0 Å². The molecule has 4 atom stereocenters. The fourth-order valence-corrected chi connectivity index (χ4v) is 3.58. The van der Waals surface area contributed by atoms with Crippen molar-refractivity contribution >= 4 is 29.0 Å². The van der Waals surface area contributed by atoms with Crippen molar-refractivity contribution in [2.24, 2.45) is 20.5 Å². The zero-order valence-electron chi connectivity index (χ0n) is 9.14. The summed E-state index contributed by atoms with van der Waals surface area (Å²) in [5.74, 6) is 0.00931. The van der Waals surface area contributed by atoms with E-state index in [1.165, 1.54) is 0 Å². The first-order chi connectivity index (χ1) is 8.06. The van der Waals surface area contributed by atoms with E-state index in [2.05, 4.69) is 20.5 Å². The number of Topliss-reactive ketones (excluding diaryl/α,β-unsaturated/α-hetero) is 1. The topological polar surface area (TPSA) is 66.5 Å². The smallest absolute Gasteiger partial charge is 0.191 e. The standard InChI is InChI=1S/C10H12Cl2N4O/c11-6-4-9(15-13-6)2-1-3-10(8(9)17)5-7(12)14-16-10/h6-7H,1-5H2. The lowest BCUT2D eigenvalue weighted by Crippen LogP contribution is -2.53. The minimum absolute atomic E-state index is 0.00931. The van der Waals surface area contributed by atoms with Crippen LogP contribution in [-0.2, 0) is 4.79 Å². The summed E-state index contributed by atoms with van der Waals surface area (Å²) in [7, 11) is 0. The van der Waals surface area contributed by atoms with E-state index in [9.17, 15) is 4.79 Å². The maximum Gasteiger partial charge on any atom is 0.191 e. The highest BCUT2D eigenvalue weighted by Crippen LogP contribution is 2.48. The molecule has 2 spiro atoms. The molecular formula is C10H12Cl2N4O. The summed E-state index contributed by atoms with van der Waals surface area (Å²) >= 11 is 11.9. The predicted octanol–water partition coefficient (Wildman–Crippen LogP) is 3.06. The highest BCUT2D eigenvalue weighted by molar-refractivity contribution is 6.21. The fourth-order valence-electron chi connectivity index (χ4n) is 2.98. The van der Waals surface area contributed by atoms with Gasteiger partial charge in [0.1, 0.15) is 22.1 Å². The molecule has 17 heavy (non-hydrogen) atoms. The third kappa shape index (κ3) is 1.63. The molecule has 0 amide bonds. The van der Waals surface area contributed by atoms with Crippen LogP contribution < -0.4 is 0 Å². The van der Waals surface area contributed by atoms with E-state index in [-0.39, 0.29) is 16.8 Å². The summed E-state index contributed by atoms with van der Waals surface area (Å²) in [6, 6.07) is 0. The Bertz CT molecular complexity index is 391. The van der Waals surface area contributed by atoms with Gasteiger partial charge in [-0.2, -0.15) is 20.5 Å². The molecule has 1 saturated carbocycles. The van der Waals surface area contributed by atoms with Crippen molar-refractivity contribution in [2.45, 2.75) is 54.2 Å². The molecule has 2 heterocycles. The first kappa shape index (κ1) is 11.5. The van der Waals surface area contributed by atoms with Gasteiger partial charge in [-0.3, -0.25) is 4.79 Å². The molecule has 1 aliphatic carbocycles. The van der Waals surface area contributed by atoms with Crippen LogP contribution in [0.3, 0.4) is 0 Å². The van der Waals surface area contributed by atoms with Crippen LogP contribution in [0, 0.1) is 0 Å². The van der Waals surface area contributed by atoms with Gasteiger partial charge in [-0.25, -0.2) is 0 Å². The minimum Gasteiger partial charge on any atom is -0.294 e. The molecule has 0 aromatic carbocycles. The monoisotopic (exact) mass is 274 g/mol. The van der Waals surface area contributed by atoms with Gasteiger partial charge in [-0.1, -0.05) is 23.2 Å². The van der Waals surface area contributed by atoms with E-state index in [4.69, 9.17) is 23.2 Å². The minimum atomic E-state index is -0.759. The Morgan fingerprint density at radius 2 is 1.47 bits per heavy atom. The van der Waals surface area contributed by atoms with Gasteiger partial charge < -0.3 is 0 Å². The SMILES string of the molecule is O=C1C2(CCCC13CC(Cl)N=N3)CC(Cl)N=N2. The summed E-state index contributed by atoms with van der Waals surface area (Å²) in [4.78, 5) is 12.6. The second kappa shape index (κ2) is 3.72. The van der Waals surface area contributed by atoms with Gasteiger partial charge in [-0.05, 0) is 19.3 Å². The van der Waals surface area contributed by atoms with Gasteiger partial charge in [0.2, 0.25) is 0 Å². The molecular weight excluding hydrogens is 263 g/mol. The predicted molar refractivity (Wildman–Crippen MR) is 62.5 cm³/mol. The molecule has 5 nitrogen and oxygen atoms in total. The Balaban J connectivity index is 1.93.